The van der Waals surface area contributed by atoms with Crippen LogP contribution < -0.4 is 10.6 Å². The molecule has 0 aromatic heterocycles. The summed E-state index contributed by atoms with van der Waals surface area (Å²) < 4.78 is 12.9. The lowest BCUT2D eigenvalue weighted by Gasteiger charge is -2.33. The molecular formula is C15H25FN2. The van der Waals surface area contributed by atoms with Crippen LogP contribution in [-0.4, -0.2) is 25.7 Å². The highest BCUT2D eigenvalue weighted by Crippen LogP contribution is 2.23. The Labute approximate surface area is 110 Å². The molecule has 102 valence electrons. The smallest absolute Gasteiger partial charge is 0.123 e. The molecule has 0 atom stereocenters. The van der Waals surface area contributed by atoms with Crippen molar-refractivity contribution in [3.8, 4) is 0 Å². The highest BCUT2D eigenvalue weighted by molar-refractivity contribution is 5.24. The molecule has 0 radical (unpaired) electrons. The van der Waals surface area contributed by atoms with E-state index in [-0.39, 0.29) is 16.8 Å². The van der Waals surface area contributed by atoms with Crippen LogP contribution in [0.4, 0.5) is 4.39 Å². The van der Waals surface area contributed by atoms with Crippen molar-refractivity contribution in [2.45, 2.75) is 38.6 Å². The minimum Gasteiger partial charge on any atom is -0.318 e. The first-order valence-corrected chi connectivity index (χ1v) is 6.42. The molecule has 0 heterocycles. The fraction of sp³-hybridized carbons (Fsp3) is 0.600. The van der Waals surface area contributed by atoms with Crippen molar-refractivity contribution in [1.29, 1.82) is 0 Å². The molecule has 18 heavy (non-hydrogen) atoms. The molecular weight excluding hydrogens is 227 g/mol. The van der Waals surface area contributed by atoms with Crippen molar-refractivity contribution in [1.82, 2.24) is 10.6 Å². The number of hydrogen-bond donors (Lipinski definition) is 2. The molecule has 0 saturated carbocycles. The van der Waals surface area contributed by atoms with Gasteiger partial charge in [-0.1, -0.05) is 26.0 Å². The number of halogens is 1. The van der Waals surface area contributed by atoms with Crippen molar-refractivity contribution in [2.24, 2.45) is 0 Å². The minimum absolute atomic E-state index is 0.0152. The molecule has 3 heteroatoms. The van der Waals surface area contributed by atoms with Gasteiger partial charge in [-0.3, -0.25) is 0 Å². The second-order valence-electron chi connectivity index (χ2n) is 6.16. The maximum atomic E-state index is 12.9. The molecule has 2 N–H and O–H groups in total. The van der Waals surface area contributed by atoms with E-state index < -0.39 is 0 Å². The van der Waals surface area contributed by atoms with Crippen molar-refractivity contribution < 1.29 is 4.39 Å². The standard InChI is InChI=1S/C15H25FN2/c1-14(2,10-18-15(3,4)11-17-5)12-6-8-13(16)9-7-12/h6-9,17-18H,10-11H2,1-5H3. The molecule has 0 fully saturated rings. The number of likely N-dealkylation sites (N-methyl/N-ethyl adjacent to an activating group) is 1. The predicted octanol–water partition coefficient (Wildman–Crippen LogP) is 2.69. The van der Waals surface area contributed by atoms with Gasteiger partial charge in [0.05, 0.1) is 0 Å². The maximum absolute atomic E-state index is 12.9. The summed E-state index contributed by atoms with van der Waals surface area (Å²) in [4.78, 5) is 0. The van der Waals surface area contributed by atoms with Crippen molar-refractivity contribution in [3.05, 3.63) is 35.6 Å². The molecule has 0 amide bonds. The van der Waals surface area contributed by atoms with Crippen LogP contribution in [0.25, 0.3) is 0 Å². The molecule has 0 aliphatic heterocycles. The molecule has 1 rings (SSSR count). The lowest BCUT2D eigenvalue weighted by molar-refractivity contribution is 0.332. The molecule has 0 aliphatic rings. The summed E-state index contributed by atoms with van der Waals surface area (Å²) in [6, 6.07) is 6.77. The molecule has 0 bridgehead atoms. The van der Waals surface area contributed by atoms with Crippen LogP contribution in [0.15, 0.2) is 24.3 Å². The molecule has 1 aromatic rings. The van der Waals surface area contributed by atoms with E-state index in [1.165, 1.54) is 12.1 Å². The van der Waals surface area contributed by atoms with E-state index in [0.29, 0.717) is 0 Å². The van der Waals surface area contributed by atoms with E-state index in [1.54, 1.807) is 0 Å². The maximum Gasteiger partial charge on any atom is 0.123 e. The van der Waals surface area contributed by atoms with Crippen molar-refractivity contribution in [2.75, 3.05) is 20.1 Å². The van der Waals surface area contributed by atoms with Gasteiger partial charge in [0.25, 0.3) is 0 Å². The van der Waals surface area contributed by atoms with Crippen LogP contribution in [-0.2, 0) is 5.41 Å². The van der Waals surface area contributed by atoms with Gasteiger partial charge in [0.15, 0.2) is 0 Å². The first-order valence-electron chi connectivity index (χ1n) is 6.42. The Kier molecular flexibility index (Phi) is 4.88. The van der Waals surface area contributed by atoms with Gasteiger partial charge in [0, 0.05) is 24.0 Å². The first kappa shape index (κ1) is 15.1. The van der Waals surface area contributed by atoms with Crippen molar-refractivity contribution >= 4 is 0 Å². The van der Waals surface area contributed by atoms with Gasteiger partial charge in [-0.25, -0.2) is 4.39 Å². The van der Waals surface area contributed by atoms with E-state index in [0.717, 1.165) is 18.7 Å². The summed E-state index contributed by atoms with van der Waals surface area (Å²) in [5, 5.41) is 6.74. The number of rotatable bonds is 6. The lowest BCUT2D eigenvalue weighted by Crippen LogP contribution is -2.50. The van der Waals surface area contributed by atoms with Gasteiger partial charge in [-0.05, 0) is 38.6 Å². The second-order valence-corrected chi connectivity index (χ2v) is 6.16. The molecule has 1 aromatic carbocycles. The predicted molar refractivity (Wildman–Crippen MR) is 75.4 cm³/mol. The van der Waals surface area contributed by atoms with E-state index >= 15 is 0 Å². The Balaban J connectivity index is 2.67. The number of benzene rings is 1. The average molecular weight is 252 g/mol. The summed E-state index contributed by atoms with van der Waals surface area (Å²) in [5.41, 5.74) is 1.18. The third-order valence-corrected chi connectivity index (χ3v) is 3.25. The Morgan fingerprint density at radius 1 is 1.00 bits per heavy atom. The summed E-state index contributed by atoms with van der Waals surface area (Å²) in [6.45, 7) is 10.4. The Hall–Kier alpha value is -0.930. The normalized spacial score (nSPS) is 12.8. The van der Waals surface area contributed by atoms with E-state index in [1.807, 2.05) is 19.2 Å². The summed E-state index contributed by atoms with van der Waals surface area (Å²) >= 11 is 0. The number of hydrogen-bond acceptors (Lipinski definition) is 2. The molecule has 0 spiro atoms. The highest BCUT2D eigenvalue weighted by atomic mass is 19.1. The van der Waals surface area contributed by atoms with Gasteiger partial charge >= 0.3 is 0 Å². The van der Waals surface area contributed by atoms with Gasteiger partial charge in [0.2, 0.25) is 0 Å². The van der Waals surface area contributed by atoms with Crippen LogP contribution in [0.5, 0.6) is 0 Å². The van der Waals surface area contributed by atoms with E-state index in [9.17, 15) is 4.39 Å². The SMILES string of the molecule is CNCC(C)(C)NCC(C)(C)c1ccc(F)cc1. The van der Waals surface area contributed by atoms with Crippen LogP contribution in [0.2, 0.25) is 0 Å². The summed E-state index contributed by atoms with van der Waals surface area (Å²) in [5.74, 6) is -0.182. The fourth-order valence-electron chi connectivity index (χ4n) is 1.97. The quantitative estimate of drug-likeness (QED) is 0.813. The van der Waals surface area contributed by atoms with E-state index in [2.05, 4.69) is 38.3 Å². The molecule has 0 unspecified atom stereocenters. The highest BCUT2D eigenvalue weighted by Gasteiger charge is 2.24. The van der Waals surface area contributed by atoms with Crippen LogP contribution >= 0.6 is 0 Å². The van der Waals surface area contributed by atoms with Gasteiger partial charge in [-0.15, -0.1) is 0 Å². The average Bonchev–Trinajstić information content (AvgIpc) is 2.27. The van der Waals surface area contributed by atoms with Crippen LogP contribution in [0.1, 0.15) is 33.3 Å². The lowest BCUT2D eigenvalue weighted by atomic mass is 9.84. The summed E-state index contributed by atoms with van der Waals surface area (Å²) in [6.07, 6.45) is 0. The van der Waals surface area contributed by atoms with Gasteiger partial charge < -0.3 is 10.6 Å². The Morgan fingerprint density at radius 2 is 1.56 bits per heavy atom. The Bertz CT molecular complexity index is 369. The third kappa shape index (κ3) is 4.39. The second kappa shape index (κ2) is 5.81. The Morgan fingerprint density at radius 3 is 2.06 bits per heavy atom. The first-order chi connectivity index (χ1) is 8.27. The zero-order valence-corrected chi connectivity index (χ0v) is 12.1. The largest absolute Gasteiger partial charge is 0.318 e. The topological polar surface area (TPSA) is 24.1 Å². The number of nitrogens with one attached hydrogen (secondary N) is 2. The molecule has 2 nitrogen and oxygen atoms in total. The zero-order valence-electron chi connectivity index (χ0n) is 12.1. The monoisotopic (exact) mass is 252 g/mol. The fourth-order valence-corrected chi connectivity index (χ4v) is 1.97. The summed E-state index contributed by atoms with van der Waals surface area (Å²) in [7, 11) is 1.95. The minimum atomic E-state index is -0.182. The van der Waals surface area contributed by atoms with Gasteiger partial charge in [-0.2, -0.15) is 0 Å². The van der Waals surface area contributed by atoms with E-state index in [4.69, 9.17) is 0 Å². The molecule has 0 aliphatic carbocycles. The zero-order chi connectivity index (χ0) is 13.8. The van der Waals surface area contributed by atoms with Crippen LogP contribution in [0.3, 0.4) is 0 Å². The van der Waals surface area contributed by atoms with Crippen LogP contribution in [0, 0.1) is 5.82 Å². The van der Waals surface area contributed by atoms with Crippen molar-refractivity contribution in [3.63, 3.8) is 0 Å². The van der Waals surface area contributed by atoms with Gasteiger partial charge in [0.1, 0.15) is 5.82 Å². The third-order valence-electron chi connectivity index (χ3n) is 3.25. The molecule has 0 saturated heterocycles.